The molecular weight excluding hydrogens is 184 g/mol. The van der Waals surface area contributed by atoms with Gasteiger partial charge in [0, 0.05) is 24.5 Å². The molecule has 1 aliphatic rings. The van der Waals surface area contributed by atoms with Gasteiger partial charge in [-0.2, -0.15) is 0 Å². The molecule has 0 radical (unpaired) electrons. The van der Waals surface area contributed by atoms with E-state index in [2.05, 4.69) is 54.2 Å². The Morgan fingerprint density at radius 1 is 1.33 bits per heavy atom. The molecule has 0 aliphatic carbocycles. The van der Waals surface area contributed by atoms with E-state index in [0.717, 1.165) is 6.54 Å². The molecule has 0 saturated heterocycles. The number of hydrogen-bond donors (Lipinski definition) is 1. The third kappa shape index (κ3) is 1.05. The zero-order chi connectivity index (χ0) is 10.4. The first-order valence-electron chi connectivity index (χ1n) is 5.27. The summed E-state index contributed by atoms with van der Waals surface area (Å²) >= 11 is 0. The lowest BCUT2D eigenvalue weighted by molar-refractivity contribution is 0.961. The van der Waals surface area contributed by atoms with Crippen LogP contribution in [0, 0.1) is 6.92 Å². The lowest BCUT2D eigenvalue weighted by atomic mass is 10.1. The summed E-state index contributed by atoms with van der Waals surface area (Å²) in [5, 5.41) is 4.80. The van der Waals surface area contributed by atoms with Gasteiger partial charge in [-0.1, -0.05) is 24.3 Å². The van der Waals surface area contributed by atoms with Crippen molar-refractivity contribution in [1.82, 2.24) is 4.57 Å². The zero-order valence-corrected chi connectivity index (χ0v) is 9.04. The lowest BCUT2D eigenvalue weighted by Gasteiger charge is -2.10. The third-order valence-corrected chi connectivity index (χ3v) is 3.14. The minimum Gasteiger partial charge on any atom is -0.367 e. The molecule has 0 bridgehead atoms. The smallest absolute Gasteiger partial charge is 0.114 e. The number of aromatic nitrogens is 1. The van der Waals surface area contributed by atoms with Crippen LogP contribution in [0.2, 0.25) is 0 Å². The average molecular weight is 198 g/mol. The van der Waals surface area contributed by atoms with Gasteiger partial charge in [-0.15, -0.1) is 0 Å². The van der Waals surface area contributed by atoms with Crippen LogP contribution in [-0.2, 0) is 7.05 Å². The predicted molar refractivity (Wildman–Crippen MR) is 65.2 cm³/mol. The van der Waals surface area contributed by atoms with Gasteiger partial charge in [0.1, 0.15) is 5.82 Å². The summed E-state index contributed by atoms with van der Waals surface area (Å²) in [7, 11) is 2.12. The Kier molecular flexibility index (Phi) is 1.66. The van der Waals surface area contributed by atoms with Crippen molar-refractivity contribution in [2.24, 2.45) is 7.05 Å². The van der Waals surface area contributed by atoms with Crippen molar-refractivity contribution in [3.63, 3.8) is 0 Å². The van der Waals surface area contributed by atoms with Crippen molar-refractivity contribution in [2.75, 3.05) is 11.9 Å². The predicted octanol–water partition coefficient (Wildman–Crippen LogP) is 2.93. The maximum atomic E-state index is 3.42. The number of aryl methyl sites for hydroxylation is 2. The Morgan fingerprint density at radius 3 is 3.07 bits per heavy atom. The van der Waals surface area contributed by atoms with E-state index < -0.39 is 0 Å². The van der Waals surface area contributed by atoms with E-state index in [-0.39, 0.29) is 0 Å². The fraction of sp³-hybridized carbons (Fsp3) is 0.231. The van der Waals surface area contributed by atoms with Gasteiger partial charge < -0.3 is 9.88 Å². The third-order valence-electron chi connectivity index (χ3n) is 3.14. The highest BCUT2D eigenvalue weighted by molar-refractivity contribution is 5.98. The Balaban J connectivity index is 2.51. The van der Waals surface area contributed by atoms with E-state index in [9.17, 15) is 0 Å². The number of rotatable bonds is 0. The van der Waals surface area contributed by atoms with Crippen LogP contribution < -0.4 is 5.32 Å². The van der Waals surface area contributed by atoms with E-state index in [1.54, 1.807) is 0 Å². The van der Waals surface area contributed by atoms with Gasteiger partial charge in [0.2, 0.25) is 0 Å². The fourth-order valence-electron chi connectivity index (χ4n) is 2.41. The SMILES string of the molecule is Cc1cccc2c1c1c(n2C)NCC=C1. The molecule has 1 N–H and O–H groups in total. The van der Waals surface area contributed by atoms with Crippen LogP contribution in [0.5, 0.6) is 0 Å². The Hall–Kier alpha value is -1.70. The number of hydrogen-bond acceptors (Lipinski definition) is 1. The number of nitrogens with zero attached hydrogens (tertiary/aromatic N) is 1. The Bertz CT molecular complexity index is 561. The molecule has 2 heteroatoms. The highest BCUT2D eigenvalue weighted by atomic mass is 15.1. The molecule has 0 amide bonds. The molecule has 0 saturated carbocycles. The molecule has 0 atom stereocenters. The van der Waals surface area contributed by atoms with E-state index in [0.29, 0.717) is 0 Å². The number of anilines is 1. The normalized spacial score (nSPS) is 14.0. The largest absolute Gasteiger partial charge is 0.367 e. The first kappa shape index (κ1) is 8.60. The number of benzene rings is 1. The van der Waals surface area contributed by atoms with Crippen LogP contribution >= 0.6 is 0 Å². The maximum absolute atomic E-state index is 3.42. The standard InChI is InChI=1S/C13H14N2/c1-9-5-3-7-11-12(9)10-6-4-8-14-13(10)15(11)2/h3-7,14H,8H2,1-2H3. The second kappa shape index (κ2) is 2.89. The summed E-state index contributed by atoms with van der Waals surface area (Å²) in [4.78, 5) is 0. The van der Waals surface area contributed by atoms with Crippen LogP contribution in [0.25, 0.3) is 17.0 Å². The topological polar surface area (TPSA) is 17.0 Å². The minimum atomic E-state index is 0.927. The van der Waals surface area contributed by atoms with Crippen LogP contribution in [0.15, 0.2) is 24.3 Å². The highest BCUT2D eigenvalue weighted by Crippen LogP contribution is 2.33. The Labute approximate surface area is 89.2 Å². The summed E-state index contributed by atoms with van der Waals surface area (Å²) in [6.07, 6.45) is 4.40. The van der Waals surface area contributed by atoms with Crippen LogP contribution in [0.4, 0.5) is 5.82 Å². The molecule has 2 heterocycles. The van der Waals surface area contributed by atoms with Crippen LogP contribution in [-0.4, -0.2) is 11.1 Å². The summed E-state index contributed by atoms with van der Waals surface area (Å²) in [5.41, 5.74) is 3.98. The zero-order valence-electron chi connectivity index (χ0n) is 9.04. The van der Waals surface area contributed by atoms with Crippen molar-refractivity contribution in [3.05, 3.63) is 35.4 Å². The van der Waals surface area contributed by atoms with Gasteiger partial charge in [-0.25, -0.2) is 0 Å². The number of nitrogens with one attached hydrogen (secondary N) is 1. The van der Waals surface area contributed by atoms with Crippen molar-refractivity contribution in [2.45, 2.75) is 6.92 Å². The fourth-order valence-corrected chi connectivity index (χ4v) is 2.41. The molecule has 0 unspecified atom stereocenters. The maximum Gasteiger partial charge on any atom is 0.114 e. The van der Waals surface area contributed by atoms with Gasteiger partial charge in [0.05, 0.1) is 5.52 Å². The van der Waals surface area contributed by atoms with Crippen molar-refractivity contribution in [3.8, 4) is 0 Å². The van der Waals surface area contributed by atoms with Gasteiger partial charge >= 0.3 is 0 Å². The molecule has 76 valence electrons. The summed E-state index contributed by atoms with van der Waals surface area (Å²) < 4.78 is 2.24. The van der Waals surface area contributed by atoms with Gasteiger partial charge in [-0.3, -0.25) is 0 Å². The molecule has 1 aromatic carbocycles. The van der Waals surface area contributed by atoms with Gasteiger partial charge in [-0.05, 0) is 18.6 Å². The van der Waals surface area contributed by atoms with E-state index in [4.69, 9.17) is 0 Å². The second-order valence-electron chi connectivity index (χ2n) is 4.07. The minimum absolute atomic E-state index is 0.927. The van der Waals surface area contributed by atoms with Crippen molar-refractivity contribution in [1.29, 1.82) is 0 Å². The highest BCUT2D eigenvalue weighted by Gasteiger charge is 2.15. The van der Waals surface area contributed by atoms with E-state index in [1.807, 2.05) is 0 Å². The molecule has 2 nitrogen and oxygen atoms in total. The average Bonchev–Trinajstić information content (AvgIpc) is 2.55. The summed E-state index contributed by atoms with van der Waals surface area (Å²) in [6.45, 7) is 3.10. The summed E-state index contributed by atoms with van der Waals surface area (Å²) in [6, 6.07) is 6.47. The monoisotopic (exact) mass is 198 g/mol. The molecule has 0 spiro atoms. The van der Waals surface area contributed by atoms with Crippen LogP contribution in [0.1, 0.15) is 11.1 Å². The Morgan fingerprint density at radius 2 is 2.20 bits per heavy atom. The first-order valence-corrected chi connectivity index (χ1v) is 5.27. The number of fused-ring (bicyclic) bond motifs is 3. The van der Waals surface area contributed by atoms with E-state index >= 15 is 0 Å². The molecule has 1 aliphatic heterocycles. The van der Waals surface area contributed by atoms with Gasteiger partial charge in [0.15, 0.2) is 0 Å². The molecular formula is C13H14N2. The van der Waals surface area contributed by atoms with Crippen molar-refractivity contribution >= 4 is 22.8 Å². The van der Waals surface area contributed by atoms with Crippen LogP contribution in [0.3, 0.4) is 0 Å². The molecule has 3 rings (SSSR count). The molecule has 2 aromatic rings. The summed E-state index contributed by atoms with van der Waals surface area (Å²) in [5.74, 6) is 1.24. The molecule has 1 aromatic heterocycles. The molecule has 15 heavy (non-hydrogen) atoms. The van der Waals surface area contributed by atoms with E-state index in [1.165, 1.54) is 27.8 Å². The lowest BCUT2D eigenvalue weighted by Crippen LogP contribution is -2.07. The second-order valence-corrected chi connectivity index (χ2v) is 4.07. The first-order chi connectivity index (χ1) is 7.29. The van der Waals surface area contributed by atoms with Gasteiger partial charge in [0.25, 0.3) is 0 Å². The van der Waals surface area contributed by atoms with Crippen molar-refractivity contribution < 1.29 is 0 Å². The quantitative estimate of drug-likeness (QED) is 0.688. The molecule has 0 fully saturated rings.